The molecule has 0 bridgehead atoms. The van der Waals surface area contributed by atoms with Gasteiger partial charge in [0.05, 0.1) is 39.9 Å². The minimum atomic E-state index is -4.36. The molecule has 77 heavy (non-hydrogen) atoms. The minimum absolute atomic E-state index is 0.0552. The van der Waals surface area contributed by atoms with Crippen molar-refractivity contribution >= 4 is 13.7 Å². The Balaban J connectivity index is 3.93. The molecule has 0 aromatic carbocycles. The number of amides is 1. The molecule has 9 heteroatoms. The predicted octanol–water partition coefficient (Wildman–Crippen LogP) is 21.3. The molecule has 0 aliphatic heterocycles. The highest BCUT2D eigenvalue weighted by molar-refractivity contribution is 7.47. The van der Waals surface area contributed by atoms with E-state index in [0.29, 0.717) is 17.4 Å². The normalized spacial score (nSPS) is 13.9. The Bertz CT molecular complexity index is 1350. The quantitative estimate of drug-likeness (QED) is 0.0243. The maximum Gasteiger partial charge on any atom is 0.472 e. The smallest absolute Gasteiger partial charge is 0.387 e. The van der Waals surface area contributed by atoms with Crippen molar-refractivity contribution in [2.24, 2.45) is 0 Å². The van der Waals surface area contributed by atoms with Crippen molar-refractivity contribution in [1.82, 2.24) is 5.32 Å². The number of likely N-dealkylation sites (N-methyl/N-ethyl adjacent to an activating group) is 1. The summed E-state index contributed by atoms with van der Waals surface area (Å²) in [5.74, 6) is -0.185. The van der Waals surface area contributed by atoms with E-state index in [2.05, 4.69) is 43.5 Å². The summed E-state index contributed by atoms with van der Waals surface area (Å²) in [5.41, 5.74) is 0. The van der Waals surface area contributed by atoms with Gasteiger partial charge in [0.15, 0.2) is 0 Å². The number of nitrogens with one attached hydrogen (secondary N) is 1. The van der Waals surface area contributed by atoms with Gasteiger partial charge in [0, 0.05) is 6.42 Å². The third-order valence-electron chi connectivity index (χ3n) is 15.6. The first-order chi connectivity index (χ1) is 37.5. The van der Waals surface area contributed by atoms with Gasteiger partial charge in [0.2, 0.25) is 5.91 Å². The summed E-state index contributed by atoms with van der Waals surface area (Å²) in [6.07, 6.45) is 78.8. The van der Waals surface area contributed by atoms with Crippen LogP contribution in [-0.4, -0.2) is 73.4 Å². The summed E-state index contributed by atoms with van der Waals surface area (Å²) in [5, 5.41) is 13.9. The van der Waals surface area contributed by atoms with Gasteiger partial charge in [-0.25, -0.2) is 4.57 Å². The molecule has 456 valence electrons. The van der Waals surface area contributed by atoms with Gasteiger partial charge in [-0.3, -0.25) is 13.8 Å². The van der Waals surface area contributed by atoms with Crippen LogP contribution in [0.3, 0.4) is 0 Å². The van der Waals surface area contributed by atoms with E-state index in [0.717, 1.165) is 44.9 Å². The Morgan fingerprint density at radius 1 is 0.429 bits per heavy atom. The van der Waals surface area contributed by atoms with Crippen molar-refractivity contribution in [2.45, 2.75) is 353 Å². The lowest BCUT2D eigenvalue weighted by atomic mass is 10.0. The highest BCUT2D eigenvalue weighted by atomic mass is 31.2. The Labute approximate surface area is 480 Å². The molecule has 0 radical (unpaired) electrons. The summed E-state index contributed by atoms with van der Waals surface area (Å²) >= 11 is 0. The van der Waals surface area contributed by atoms with Crippen LogP contribution in [0.15, 0.2) is 36.5 Å². The third-order valence-corrected chi connectivity index (χ3v) is 16.6. The number of allylic oxidation sites excluding steroid dienone is 5. The van der Waals surface area contributed by atoms with E-state index >= 15 is 0 Å². The van der Waals surface area contributed by atoms with Crippen molar-refractivity contribution < 1.29 is 32.9 Å². The average molecular weight is 1110 g/mol. The second-order valence-electron chi connectivity index (χ2n) is 24.5. The number of carbonyl (C=O) groups excluding carboxylic acids is 1. The molecule has 3 unspecified atom stereocenters. The summed E-state index contributed by atoms with van der Waals surface area (Å²) in [6.45, 7) is 4.82. The first-order valence-corrected chi connectivity index (χ1v) is 35.4. The number of hydrogen-bond donors (Lipinski definition) is 3. The van der Waals surface area contributed by atoms with Gasteiger partial charge in [-0.15, -0.1) is 0 Å². The Morgan fingerprint density at radius 3 is 1.04 bits per heavy atom. The molecular formula is C68H134N2O6P+. The first-order valence-electron chi connectivity index (χ1n) is 33.9. The number of phosphoric ester groups is 1. The lowest BCUT2D eigenvalue weighted by molar-refractivity contribution is -0.870. The van der Waals surface area contributed by atoms with E-state index in [1.165, 1.54) is 276 Å². The van der Waals surface area contributed by atoms with Crippen LogP contribution in [0.5, 0.6) is 0 Å². The van der Waals surface area contributed by atoms with Crippen molar-refractivity contribution in [1.29, 1.82) is 0 Å². The molecule has 8 nitrogen and oxygen atoms in total. The van der Waals surface area contributed by atoms with Crippen molar-refractivity contribution in [2.75, 3.05) is 40.9 Å². The number of nitrogens with zero attached hydrogens (tertiary/aromatic N) is 1. The number of unbranched alkanes of at least 4 members (excludes halogenated alkanes) is 46. The zero-order valence-corrected chi connectivity index (χ0v) is 53.1. The van der Waals surface area contributed by atoms with Crippen molar-refractivity contribution in [3.63, 3.8) is 0 Å². The highest BCUT2D eigenvalue weighted by Crippen LogP contribution is 2.43. The second-order valence-corrected chi connectivity index (χ2v) is 26.0. The number of quaternary nitrogens is 1. The predicted molar refractivity (Wildman–Crippen MR) is 337 cm³/mol. The molecule has 0 fully saturated rings. The average Bonchev–Trinajstić information content (AvgIpc) is 3.39. The molecule has 0 aromatic heterocycles. The van der Waals surface area contributed by atoms with Crippen LogP contribution in [-0.2, 0) is 18.4 Å². The Kier molecular flexibility index (Phi) is 58.4. The number of phosphoric acid groups is 1. The summed E-state index contributed by atoms with van der Waals surface area (Å²) < 4.78 is 23.7. The second kappa shape index (κ2) is 59.3. The lowest BCUT2D eigenvalue weighted by Crippen LogP contribution is -2.45. The fourth-order valence-electron chi connectivity index (χ4n) is 10.3. The Morgan fingerprint density at radius 2 is 0.714 bits per heavy atom. The molecule has 3 N–H and O–H groups in total. The van der Waals surface area contributed by atoms with Crippen molar-refractivity contribution in [3.05, 3.63) is 36.5 Å². The molecular weight excluding hydrogens is 972 g/mol. The van der Waals surface area contributed by atoms with Gasteiger partial charge in [0.25, 0.3) is 0 Å². The van der Waals surface area contributed by atoms with E-state index in [1.807, 2.05) is 27.2 Å². The summed E-state index contributed by atoms with van der Waals surface area (Å²) in [6, 6.07) is -0.868. The van der Waals surface area contributed by atoms with E-state index in [9.17, 15) is 19.4 Å². The topological polar surface area (TPSA) is 105 Å². The highest BCUT2D eigenvalue weighted by Gasteiger charge is 2.28. The molecule has 0 saturated carbocycles. The largest absolute Gasteiger partial charge is 0.472 e. The van der Waals surface area contributed by atoms with Gasteiger partial charge in [0.1, 0.15) is 13.2 Å². The zero-order valence-electron chi connectivity index (χ0n) is 52.2. The maximum atomic E-state index is 13.0. The molecule has 1 amide bonds. The van der Waals surface area contributed by atoms with Crippen molar-refractivity contribution in [3.8, 4) is 0 Å². The number of carbonyl (C=O) groups is 1. The molecule has 3 atom stereocenters. The lowest BCUT2D eigenvalue weighted by Gasteiger charge is -2.25. The fourth-order valence-corrected chi connectivity index (χ4v) is 11.1. The minimum Gasteiger partial charge on any atom is -0.387 e. The molecule has 0 aliphatic rings. The van der Waals surface area contributed by atoms with Crippen LogP contribution in [0.4, 0.5) is 0 Å². The number of aliphatic hydroxyl groups excluding tert-OH is 1. The number of rotatable bonds is 63. The molecule has 0 rings (SSSR count). The maximum absolute atomic E-state index is 13.0. The standard InChI is InChI=1S/C68H133N2O6P/c1-6-8-10-12-14-16-18-20-22-24-25-26-27-28-29-30-31-32-33-34-35-36-37-38-39-40-41-42-43-44-46-48-50-52-54-56-58-60-62-68(72)69-66(65-76-77(73,74)75-64-63-70(3,4)5)67(71)61-59-57-55-53-51-49-47-45-23-21-19-17-15-13-11-9-7-2/h23,45,51,53,59,61,66-67,71H,6-22,24-44,46-50,52,54-58,60,62-65H2,1-5H3,(H-,69,72,73,74)/p+1/b45-23+,53-51+,61-59+. The summed E-state index contributed by atoms with van der Waals surface area (Å²) in [4.78, 5) is 23.3. The fraction of sp³-hybridized carbons (Fsp3) is 0.897. The van der Waals surface area contributed by atoms with Crippen LogP contribution < -0.4 is 5.32 Å². The van der Waals surface area contributed by atoms with Gasteiger partial charge >= 0.3 is 7.82 Å². The van der Waals surface area contributed by atoms with Crippen LogP contribution in [0.2, 0.25) is 0 Å². The molecule has 0 saturated heterocycles. The van der Waals surface area contributed by atoms with Gasteiger partial charge in [-0.05, 0) is 44.9 Å². The number of aliphatic hydroxyl groups is 1. The van der Waals surface area contributed by atoms with Crippen LogP contribution in [0, 0.1) is 0 Å². The Hall–Kier alpha value is -1.28. The van der Waals surface area contributed by atoms with Gasteiger partial charge in [-0.2, -0.15) is 0 Å². The van der Waals surface area contributed by atoms with E-state index in [-0.39, 0.29) is 19.1 Å². The van der Waals surface area contributed by atoms with Crippen LogP contribution in [0.1, 0.15) is 341 Å². The summed E-state index contributed by atoms with van der Waals surface area (Å²) in [7, 11) is 1.56. The zero-order chi connectivity index (χ0) is 56.3. The van der Waals surface area contributed by atoms with E-state index in [4.69, 9.17) is 9.05 Å². The third kappa shape index (κ3) is 62.2. The molecule has 0 aliphatic carbocycles. The SMILES string of the molecule is CCCCCCCCC/C=C/CC/C=C/CC/C=C/C(O)C(COP(=O)(O)OCC[N+](C)(C)C)NC(=O)CCCCCCCCCCCCCCCCCCCCCCCCCCCCCCCCCCCCCCCC. The van der Waals surface area contributed by atoms with Gasteiger partial charge in [-0.1, -0.05) is 326 Å². The van der Waals surface area contributed by atoms with Gasteiger partial charge < -0.3 is 19.8 Å². The van der Waals surface area contributed by atoms with Crippen LogP contribution >= 0.6 is 7.82 Å². The van der Waals surface area contributed by atoms with E-state index in [1.54, 1.807) is 6.08 Å². The first kappa shape index (κ1) is 75.7. The number of hydrogen-bond acceptors (Lipinski definition) is 5. The van der Waals surface area contributed by atoms with Crippen LogP contribution in [0.25, 0.3) is 0 Å². The molecule has 0 aromatic rings. The monoisotopic (exact) mass is 1110 g/mol. The molecule has 0 spiro atoms. The van der Waals surface area contributed by atoms with E-state index < -0.39 is 20.0 Å². The molecule has 0 heterocycles.